The molecule has 2 aromatic heterocycles. The topological polar surface area (TPSA) is 52.8 Å². The highest BCUT2D eigenvalue weighted by Gasteiger charge is 2.13. The molecule has 0 fully saturated rings. The maximum atomic E-state index is 5.19. The second-order valence-corrected chi connectivity index (χ2v) is 5.45. The van der Waals surface area contributed by atoms with Gasteiger partial charge in [0.05, 0.1) is 13.2 Å². The highest BCUT2D eigenvalue weighted by Crippen LogP contribution is 2.24. The molecule has 0 bridgehead atoms. The largest absolute Gasteiger partial charge is 0.383 e. The molecule has 0 N–H and O–H groups in total. The first-order valence-corrected chi connectivity index (χ1v) is 7.80. The fourth-order valence-electron chi connectivity index (χ4n) is 1.80. The van der Waals surface area contributed by atoms with Gasteiger partial charge < -0.3 is 4.74 Å². The summed E-state index contributed by atoms with van der Waals surface area (Å²) < 4.78 is 7.31. The third-order valence-corrected chi connectivity index (χ3v) is 3.96. The van der Waals surface area contributed by atoms with Crippen LogP contribution in [0.1, 0.15) is 19.8 Å². The fourth-order valence-corrected chi connectivity index (χ4v) is 2.85. The molecule has 0 aliphatic carbocycles. The first-order valence-electron chi connectivity index (χ1n) is 6.82. The third kappa shape index (κ3) is 3.80. The summed E-state index contributed by atoms with van der Waals surface area (Å²) in [6, 6.07) is 3.90. The van der Waals surface area contributed by atoms with E-state index in [-0.39, 0.29) is 0 Å². The summed E-state index contributed by atoms with van der Waals surface area (Å²) in [5.41, 5.74) is 1.03. The molecule has 5 nitrogen and oxygen atoms in total. The summed E-state index contributed by atoms with van der Waals surface area (Å²) in [6.45, 7) is 3.60. The van der Waals surface area contributed by atoms with Gasteiger partial charge >= 0.3 is 0 Å². The predicted octanol–water partition coefficient (Wildman–Crippen LogP) is 2.88. The first kappa shape index (κ1) is 15.0. The van der Waals surface area contributed by atoms with Gasteiger partial charge in [-0.3, -0.25) is 9.55 Å². The van der Waals surface area contributed by atoms with Gasteiger partial charge in [0.1, 0.15) is 0 Å². The molecule has 20 heavy (non-hydrogen) atoms. The lowest BCUT2D eigenvalue weighted by molar-refractivity contribution is 0.185. The molecule has 2 rings (SSSR count). The molecule has 0 unspecified atom stereocenters. The minimum Gasteiger partial charge on any atom is -0.383 e. The fraction of sp³-hybridized carbons (Fsp3) is 0.500. The molecule has 0 aromatic carbocycles. The maximum absolute atomic E-state index is 5.19. The van der Waals surface area contributed by atoms with Crippen LogP contribution in [0.25, 0.3) is 11.4 Å². The standard InChI is InChI=1S/C14H20N4OS/c1-3-4-11-20-14-17-16-13(18(14)9-10-19-2)12-5-7-15-8-6-12/h5-8H,3-4,9-11H2,1-2H3. The molecule has 0 amide bonds. The van der Waals surface area contributed by atoms with Crippen molar-refractivity contribution in [2.75, 3.05) is 19.5 Å². The van der Waals surface area contributed by atoms with Gasteiger partial charge in [0.15, 0.2) is 11.0 Å². The van der Waals surface area contributed by atoms with E-state index in [4.69, 9.17) is 4.74 Å². The molecular formula is C14H20N4OS. The summed E-state index contributed by atoms with van der Waals surface area (Å²) in [7, 11) is 1.71. The number of hydrogen-bond acceptors (Lipinski definition) is 5. The zero-order chi connectivity index (χ0) is 14.2. The maximum Gasteiger partial charge on any atom is 0.191 e. The SMILES string of the molecule is CCCCSc1nnc(-c2ccncc2)n1CCOC. The third-order valence-electron chi connectivity index (χ3n) is 2.90. The number of aromatic nitrogens is 4. The van der Waals surface area contributed by atoms with Crippen molar-refractivity contribution in [2.45, 2.75) is 31.5 Å². The van der Waals surface area contributed by atoms with E-state index in [2.05, 4.69) is 26.7 Å². The average Bonchev–Trinajstić information content (AvgIpc) is 2.89. The summed E-state index contributed by atoms with van der Waals surface area (Å²) in [4.78, 5) is 4.04. The summed E-state index contributed by atoms with van der Waals surface area (Å²) in [6.07, 6.45) is 5.92. The van der Waals surface area contributed by atoms with Gasteiger partial charge in [0.2, 0.25) is 0 Å². The van der Waals surface area contributed by atoms with Crippen LogP contribution in [0, 0.1) is 0 Å². The summed E-state index contributed by atoms with van der Waals surface area (Å²) in [5.74, 6) is 1.95. The van der Waals surface area contributed by atoms with Crippen molar-refractivity contribution < 1.29 is 4.74 Å². The zero-order valence-corrected chi connectivity index (χ0v) is 12.8. The number of nitrogens with zero attached hydrogens (tertiary/aromatic N) is 4. The molecule has 0 aliphatic rings. The number of hydrogen-bond donors (Lipinski definition) is 0. The van der Waals surface area contributed by atoms with Crippen molar-refractivity contribution in [1.82, 2.24) is 19.7 Å². The Morgan fingerprint density at radius 1 is 1.25 bits per heavy atom. The van der Waals surface area contributed by atoms with Gasteiger partial charge in [-0.2, -0.15) is 0 Å². The Labute approximate surface area is 123 Å². The minimum atomic E-state index is 0.650. The van der Waals surface area contributed by atoms with E-state index in [1.807, 2.05) is 12.1 Å². The Morgan fingerprint density at radius 2 is 2.05 bits per heavy atom. The molecule has 0 saturated carbocycles. The number of methoxy groups -OCH3 is 1. The van der Waals surface area contributed by atoms with E-state index in [0.717, 1.165) is 28.8 Å². The molecule has 0 radical (unpaired) electrons. The Bertz CT molecular complexity index is 515. The number of ether oxygens (including phenoxy) is 1. The van der Waals surface area contributed by atoms with Crippen molar-refractivity contribution in [2.24, 2.45) is 0 Å². The van der Waals surface area contributed by atoms with Crippen molar-refractivity contribution in [3.8, 4) is 11.4 Å². The highest BCUT2D eigenvalue weighted by molar-refractivity contribution is 7.99. The van der Waals surface area contributed by atoms with Crippen LogP contribution < -0.4 is 0 Å². The van der Waals surface area contributed by atoms with E-state index in [0.29, 0.717) is 6.61 Å². The number of thioether (sulfide) groups is 1. The molecule has 0 aliphatic heterocycles. The van der Waals surface area contributed by atoms with E-state index >= 15 is 0 Å². The van der Waals surface area contributed by atoms with E-state index < -0.39 is 0 Å². The molecule has 0 saturated heterocycles. The van der Waals surface area contributed by atoms with E-state index in [1.54, 1.807) is 31.3 Å². The monoisotopic (exact) mass is 292 g/mol. The van der Waals surface area contributed by atoms with Crippen molar-refractivity contribution in [3.05, 3.63) is 24.5 Å². The van der Waals surface area contributed by atoms with Gasteiger partial charge in [0, 0.05) is 30.8 Å². The average molecular weight is 292 g/mol. The lowest BCUT2D eigenvalue weighted by atomic mass is 10.2. The number of unbranched alkanes of at least 4 members (excludes halogenated alkanes) is 1. The lowest BCUT2D eigenvalue weighted by Gasteiger charge is -2.09. The van der Waals surface area contributed by atoms with Gasteiger partial charge in [-0.25, -0.2) is 0 Å². The number of rotatable bonds is 8. The van der Waals surface area contributed by atoms with Crippen molar-refractivity contribution in [1.29, 1.82) is 0 Å². The predicted molar refractivity (Wildman–Crippen MR) is 80.8 cm³/mol. The van der Waals surface area contributed by atoms with Crippen LogP contribution >= 0.6 is 11.8 Å². The molecule has 0 atom stereocenters. The van der Waals surface area contributed by atoms with Crippen LogP contribution in [0.3, 0.4) is 0 Å². The van der Waals surface area contributed by atoms with Gasteiger partial charge in [-0.1, -0.05) is 25.1 Å². The van der Waals surface area contributed by atoms with Gasteiger partial charge in [-0.05, 0) is 18.6 Å². The smallest absolute Gasteiger partial charge is 0.191 e. The Balaban J connectivity index is 2.22. The lowest BCUT2D eigenvalue weighted by Crippen LogP contribution is -2.07. The van der Waals surface area contributed by atoms with Gasteiger partial charge in [-0.15, -0.1) is 10.2 Å². The highest BCUT2D eigenvalue weighted by atomic mass is 32.2. The van der Waals surface area contributed by atoms with Crippen molar-refractivity contribution in [3.63, 3.8) is 0 Å². The van der Waals surface area contributed by atoms with Crippen LogP contribution in [0.5, 0.6) is 0 Å². The second-order valence-electron chi connectivity index (χ2n) is 4.39. The molecule has 108 valence electrons. The zero-order valence-electron chi connectivity index (χ0n) is 12.0. The Hall–Kier alpha value is -1.40. The molecule has 2 heterocycles. The molecule has 0 spiro atoms. The Kier molecular flexibility index (Phi) is 6.01. The van der Waals surface area contributed by atoms with Crippen LogP contribution in [0.2, 0.25) is 0 Å². The summed E-state index contributed by atoms with van der Waals surface area (Å²) in [5, 5.41) is 9.60. The Morgan fingerprint density at radius 3 is 2.75 bits per heavy atom. The van der Waals surface area contributed by atoms with Gasteiger partial charge in [0.25, 0.3) is 0 Å². The normalized spacial score (nSPS) is 10.9. The van der Waals surface area contributed by atoms with Crippen LogP contribution in [0.15, 0.2) is 29.7 Å². The summed E-state index contributed by atoms with van der Waals surface area (Å²) >= 11 is 1.76. The quantitative estimate of drug-likeness (QED) is 0.553. The molecule has 6 heteroatoms. The first-order chi connectivity index (χ1) is 9.86. The van der Waals surface area contributed by atoms with Crippen LogP contribution in [-0.2, 0) is 11.3 Å². The van der Waals surface area contributed by atoms with E-state index in [1.165, 1.54) is 12.8 Å². The van der Waals surface area contributed by atoms with E-state index in [9.17, 15) is 0 Å². The number of pyridine rings is 1. The van der Waals surface area contributed by atoms with Crippen LogP contribution in [-0.4, -0.2) is 39.2 Å². The minimum absolute atomic E-state index is 0.650. The molecule has 2 aromatic rings. The van der Waals surface area contributed by atoms with Crippen LogP contribution in [0.4, 0.5) is 0 Å². The second kappa shape index (κ2) is 8.01. The van der Waals surface area contributed by atoms with Crippen molar-refractivity contribution >= 4 is 11.8 Å². The molecular weight excluding hydrogens is 272 g/mol.